The van der Waals surface area contributed by atoms with Gasteiger partial charge in [0.15, 0.2) is 0 Å². The van der Waals surface area contributed by atoms with Gasteiger partial charge in [0.05, 0.1) is 5.69 Å². The Morgan fingerprint density at radius 1 is 1.05 bits per heavy atom. The van der Waals surface area contributed by atoms with Crippen LogP contribution in [0.2, 0.25) is 0 Å². The third kappa shape index (κ3) is 2.48. The van der Waals surface area contributed by atoms with Crippen LogP contribution in [0.3, 0.4) is 0 Å². The molecule has 0 bridgehead atoms. The van der Waals surface area contributed by atoms with Crippen molar-refractivity contribution in [2.75, 3.05) is 0 Å². The van der Waals surface area contributed by atoms with E-state index in [0.717, 1.165) is 10.8 Å². The highest BCUT2D eigenvalue weighted by molar-refractivity contribution is 7.50. The van der Waals surface area contributed by atoms with Crippen LogP contribution >= 0.6 is 7.75 Å². The minimum atomic E-state index is -4.77. The van der Waals surface area contributed by atoms with Crippen LogP contribution in [0.15, 0.2) is 53.3 Å². The van der Waals surface area contributed by atoms with Gasteiger partial charge in [-0.2, -0.15) is 0 Å². The first-order valence-corrected chi connectivity index (χ1v) is 7.64. The summed E-state index contributed by atoms with van der Waals surface area (Å²) >= 11 is 0. The standard InChI is InChI=1S/C15H10NO4P/c17-15-7-3-6-14(16(15)21(18,19)20)13-9-8-11-4-1-2-5-12(11)10-13/h1-2,4-6,8-10H,(H2,18,19,20). The smallest absolute Gasteiger partial charge is 0.308 e. The van der Waals surface area contributed by atoms with E-state index in [9.17, 15) is 19.1 Å². The van der Waals surface area contributed by atoms with Crippen molar-refractivity contribution in [1.82, 2.24) is 4.34 Å². The molecule has 0 spiro atoms. The van der Waals surface area contributed by atoms with E-state index < -0.39 is 13.3 Å². The maximum atomic E-state index is 11.7. The Morgan fingerprint density at radius 2 is 1.76 bits per heavy atom. The van der Waals surface area contributed by atoms with Crippen molar-refractivity contribution in [3.8, 4) is 11.3 Å². The first-order valence-electron chi connectivity index (χ1n) is 6.08. The molecule has 0 amide bonds. The molecule has 1 aromatic heterocycles. The van der Waals surface area contributed by atoms with Crippen molar-refractivity contribution in [2.24, 2.45) is 0 Å². The summed E-state index contributed by atoms with van der Waals surface area (Å²) in [6.45, 7) is 0. The van der Waals surface area contributed by atoms with Crippen LogP contribution in [-0.4, -0.2) is 14.1 Å². The van der Waals surface area contributed by atoms with Crippen LogP contribution in [0, 0.1) is 12.1 Å². The molecule has 6 heteroatoms. The minimum absolute atomic E-state index is 0.109. The van der Waals surface area contributed by atoms with Gasteiger partial charge >= 0.3 is 13.3 Å². The predicted octanol–water partition coefficient (Wildman–Crippen LogP) is 2.21. The summed E-state index contributed by atoms with van der Waals surface area (Å²) in [6.07, 6.45) is 0. The number of fused-ring (bicyclic) bond motifs is 1. The summed E-state index contributed by atoms with van der Waals surface area (Å²) in [5.74, 6) is 0. The predicted molar refractivity (Wildman–Crippen MR) is 78.8 cm³/mol. The summed E-state index contributed by atoms with van der Waals surface area (Å²) in [5.41, 5.74) is -0.272. The van der Waals surface area contributed by atoms with Crippen molar-refractivity contribution in [1.29, 1.82) is 0 Å². The lowest BCUT2D eigenvalue weighted by atomic mass is 10.1. The molecule has 0 aliphatic rings. The van der Waals surface area contributed by atoms with Gasteiger partial charge in [0, 0.05) is 17.7 Å². The van der Waals surface area contributed by atoms with Gasteiger partial charge in [-0.1, -0.05) is 42.5 Å². The van der Waals surface area contributed by atoms with Gasteiger partial charge in [-0.3, -0.25) is 4.79 Å². The Labute approximate surface area is 120 Å². The van der Waals surface area contributed by atoms with Crippen LogP contribution in [0.1, 0.15) is 0 Å². The van der Waals surface area contributed by atoms with Gasteiger partial charge in [-0.05, 0) is 16.8 Å². The molecule has 3 aromatic rings. The number of benzene rings is 2. The highest BCUT2D eigenvalue weighted by Crippen LogP contribution is 2.39. The summed E-state index contributed by atoms with van der Waals surface area (Å²) in [4.78, 5) is 30.4. The molecule has 0 saturated carbocycles. The molecule has 5 nitrogen and oxygen atoms in total. The Bertz CT molecular complexity index is 926. The molecule has 3 rings (SSSR count). The SMILES string of the molecule is O=c1c#ccc(-c2ccc3ccccc3c2)n1P(=O)(O)O. The molecule has 0 atom stereocenters. The molecule has 0 fully saturated rings. The van der Waals surface area contributed by atoms with E-state index in [1.165, 1.54) is 6.07 Å². The Balaban J connectivity index is 2.31. The lowest BCUT2D eigenvalue weighted by molar-refractivity contribution is 0.360. The van der Waals surface area contributed by atoms with E-state index in [2.05, 4.69) is 12.1 Å². The van der Waals surface area contributed by atoms with Gasteiger partial charge in [-0.15, -0.1) is 0 Å². The fourth-order valence-electron chi connectivity index (χ4n) is 2.20. The molecule has 0 unspecified atom stereocenters. The zero-order valence-corrected chi connectivity index (χ0v) is 11.6. The van der Waals surface area contributed by atoms with Crippen molar-refractivity contribution < 1.29 is 14.4 Å². The second kappa shape index (κ2) is 4.87. The Morgan fingerprint density at radius 3 is 2.48 bits per heavy atom. The molecule has 21 heavy (non-hydrogen) atoms. The minimum Gasteiger partial charge on any atom is -0.308 e. The lowest BCUT2D eigenvalue weighted by Gasteiger charge is -2.12. The zero-order chi connectivity index (χ0) is 15.0. The summed E-state index contributed by atoms with van der Waals surface area (Å²) < 4.78 is 12.0. The van der Waals surface area contributed by atoms with E-state index in [1.807, 2.05) is 30.3 Å². The monoisotopic (exact) mass is 299 g/mol. The van der Waals surface area contributed by atoms with Gasteiger partial charge in [0.25, 0.3) is 0 Å². The molecule has 2 N–H and O–H groups in total. The largest absolute Gasteiger partial charge is 0.437 e. The van der Waals surface area contributed by atoms with Crippen molar-refractivity contribution in [2.45, 2.75) is 0 Å². The van der Waals surface area contributed by atoms with E-state index >= 15 is 0 Å². The first-order chi connectivity index (χ1) is 9.97. The second-order valence-corrected chi connectivity index (χ2v) is 5.92. The van der Waals surface area contributed by atoms with Crippen LogP contribution in [0.5, 0.6) is 0 Å². The van der Waals surface area contributed by atoms with Crippen molar-refractivity contribution in [3.63, 3.8) is 0 Å². The Hall–Kier alpha value is -2.38. The maximum absolute atomic E-state index is 11.7. The van der Waals surface area contributed by atoms with Crippen LogP contribution in [-0.2, 0) is 4.57 Å². The average Bonchev–Trinajstić information content (AvgIpc) is 2.45. The van der Waals surface area contributed by atoms with Crippen molar-refractivity contribution >= 4 is 18.5 Å². The lowest BCUT2D eigenvalue weighted by Crippen LogP contribution is -2.17. The van der Waals surface area contributed by atoms with Crippen LogP contribution < -0.4 is 5.56 Å². The van der Waals surface area contributed by atoms with Crippen LogP contribution in [0.25, 0.3) is 22.0 Å². The van der Waals surface area contributed by atoms with E-state index in [4.69, 9.17) is 0 Å². The number of hydrogen-bond donors (Lipinski definition) is 2. The summed E-state index contributed by atoms with van der Waals surface area (Å²) in [6, 6.07) is 18.9. The van der Waals surface area contributed by atoms with Gasteiger partial charge in [-0.25, -0.2) is 8.90 Å². The molecular formula is C15H10NO4P. The second-order valence-electron chi connectivity index (χ2n) is 4.49. The van der Waals surface area contributed by atoms with E-state index in [-0.39, 0.29) is 5.69 Å². The fraction of sp³-hybridized carbons (Fsp3) is 0. The molecule has 0 radical (unpaired) electrons. The molecule has 2 aromatic carbocycles. The molecular weight excluding hydrogens is 289 g/mol. The van der Waals surface area contributed by atoms with Crippen LogP contribution in [0.4, 0.5) is 0 Å². The highest BCUT2D eigenvalue weighted by Gasteiger charge is 2.22. The number of nitrogens with zero attached hydrogens (tertiary/aromatic N) is 1. The summed E-state index contributed by atoms with van der Waals surface area (Å²) in [5, 5.41) is 1.91. The molecule has 0 aliphatic carbocycles. The number of hydrogen-bond acceptors (Lipinski definition) is 2. The molecule has 0 aliphatic heterocycles. The van der Waals surface area contributed by atoms with E-state index in [1.54, 1.807) is 12.1 Å². The Kier molecular flexibility index (Phi) is 3.15. The quantitative estimate of drug-likeness (QED) is 0.711. The molecule has 104 valence electrons. The normalized spacial score (nSPS) is 11.3. The number of aromatic nitrogens is 1. The molecule has 1 heterocycles. The van der Waals surface area contributed by atoms with Gasteiger partial charge in [0.2, 0.25) is 0 Å². The zero-order valence-electron chi connectivity index (χ0n) is 10.7. The summed E-state index contributed by atoms with van der Waals surface area (Å²) in [7, 11) is -4.77. The van der Waals surface area contributed by atoms with Gasteiger partial charge in [0.1, 0.15) is 0 Å². The highest BCUT2D eigenvalue weighted by atomic mass is 31.2. The molecule has 0 saturated heterocycles. The van der Waals surface area contributed by atoms with Gasteiger partial charge < -0.3 is 9.79 Å². The number of rotatable bonds is 2. The topological polar surface area (TPSA) is 79.5 Å². The third-order valence-electron chi connectivity index (χ3n) is 3.11. The maximum Gasteiger partial charge on any atom is 0.437 e. The average molecular weight is 299 g/mol. The van der Waals surface area contributed by atoms with E-state index in [0.29, 0.717) is 9.90 Å². The first kappa shape index (κ1) is 13.6. The third-order valence-corrected chi connectivity index (χ3v) is 4.03. The fourth-order valence-corrected chi connectivity index (χ4v) is 2.94. The van der Waals surface area contributed by atoms with Crippen molar-refractivity contribution in [3.05, 3.63) is 71.0 Å².